The summed E-state index contributed by atoms with van der Waals surface area (Å²) in [5.41, 5.74) is 3.51. The SMILES string of the molecule is COCCn1nc(C(F)(F)F)cc1C(N)=O. The molecule has 5 nitrogen and oxygen atoms in total. The lowest BCUT2D eigenvalue weighted by atomic mass is 10.3. The molecule has 0 atom stereocenters. The van der Waals surface area contributed by atoms with E-state index >= 15 is 0 Å². The average molecular weight is 237 g/mol. The van der Waals surface area contributed by atoms with Gasteiger partial charge >= 0.3 is 6.18 Å². The lowest BCUT2D eigenvalue weighted by molar-refractivity contribution is -0.141. The molecule has 0 fully saturated rings. The predicted molar refractivity (Wildman–Crippen MR) is 47.6 cm³/mol. The van der Waals surface area contributed by atoms with Gasteiger partial charge < -0.3 is 10.5 Å². The number of carbonyl (C=O) groups excluding carboxylic acids is 1. The fraction of sp³-hybridized carbons (Fsp3) is 0.500. The van der Waals surface area contributed by atoms with Crippen LogP contribution in [0.3, 0.4) is 0 Å². The van der Waals surface area contributed by atoms with Crippen LogP contribution in [0.4, 0.5) is 13.2 Å². The van der Waals surface area contributed by atoms with Gasteiger partial charge in [0.15, 0.2) is 5.69 Å². The van der Waals surface area contributed by atoms with Crippen molar-refractivity contribution in [1.82, 2.24) is 9.78 Å². The summed E-state index contributed by atoms with van der Waals surface area (Å²) in [6.07, 6.45) is -4.59. The minimum atomic E-state index is -4.59. The first-order valence-electron chi connectivity index (χ1n) is 4.30. The first-order valence-corrected chi connectivity index (χ1v) is 4.30. The molecular weight excluding hydrogens is 227 g/mol. The molecule has 0 bridgehead atoms. The van der Waals surface area contributed by atoms with E-state index in [9.17, 15) is 18.0 Å². The van der Waals surface area contributed by atoms with Crippen LogP contribution >= 0.6 is 0 Å². The van der Waals surface area contributed by atoms with Crippen LogP contribution in [0.15, 0.2) is 6.07 Å². The third-order valence-electron chi connectivity index (χ3n) is 1.83. The quantitative estimate of drug-likeness (QED) is 0.835. The zero-order chi connectivity index (χ0) is 12.3. The number of nitrogens with two attached hydrogens (primary N) is 1. The van der Waals surface area contributed by atoms with Crippen LogP contribution < -0.4 is 5.73 Å². The summed E-state index contributed by atoms with van der Waals surface area (Å²) in [5, 5.41) is 3.25. The van der Waals surface area contributed by atoms with Crippen molar-refractivity contribution < 1.29 is 22.7 Å². The third-order valence-corrected chi connectivity index (χ3v) is 1.83. The summed E-state index contributed by atoms with van der Waals surface area (Å²) in [4.78, 5) is 10.9. The summed E-state index contributed by atoms with van der Waals surface area (Å²) < 4.78 is 42.5. The van der Waals surface area contributed by atoms with Crippen LogP contribution in [-0.4, -0.2) is 29.4 Å². The van der Waals surface area contributed by atoms with Crippen molar-refractivity contribution in [3.05, 3.63) is 17.5 Å². The van der Waals surface area contributed by atoms with Crippen molar-refractivity contribution in [1.29, 1.82) is 0 Å². The lowest BCUT2D eigenvalue weighted by Gasteiger charge is -2.03. The molecular formula is C8H10F3N3O2. The first-order chi connectivity index (χ1) is 7.36. The van der Waals surface area contributed by atoms with E-state index in [2.05, 4.69) is 9.84 Å². The molecule has 1 aromatic heterocycles. The van der Waals surface area contributed by atoms with Crippen LogP contribution in [0.1, 0.15) is 16.2 Å². The number of methoxy groups -OCH3 is 1. The van der Waals surface area contributed by atoms with E-state index in [1.165, 1.54) is 7.11 Å². The van der Waals surface area contributed by atoms with E-state index in [0.29, 0.717) is 6.07 Å². The highest BCUT2D eigenvalue weighted by Crippen LogP contribution is 2.28. The Morgan fingerprint density at radius 3 is 2.69 bits per heavy atom. The van der Waals surface area contributed by atoms with E-state index in [1.807, 2.05) is 0 Å². The molecule has 0 saturated carbocycles. The molecule has 1 amide bonds. The van der Waals surface area contributed by atoms with Crippen molar-refractivity contribution in [3.8, 4) is 0 Å². The zero-order valence-electron chi connectivity index (χ0n) is 8.41. The van der Waals surface area contributed by atoms with Gasteiger partial charge in [-0.3, -0.25) is 9.48 Å². The Morgan fingerprint density at radius 2 is 2.25 bits per heavy atom. The second-order valence-electron chi connectivity index (χ2n) is 2.99. The summed E-state index contributed by atoms with van der Waals surface area (Å²) in [6.45, 7) is 0.171. The number of amides is 1. The molecule has 0 aliphatic rings. The second kappa shape index (κ2) is 4.52. The van der Waals surface area contributed by atoms with Gasteiger partial charge in [0.2, 0.25) is 0 Å². The minimum absolute atomic E-state index is 0.0326. The number of nitrogens with zero attached hydrogens (tertiary/aromatic N) is 2. The Balaban J connectivity index is 3.05. The van der Waals surface area contributed by atoms with Crippen LogP contribution in [0.2, 0.25) is 0 Å². The van der Waals surface area contributed by atoms with E-state index in [1.54, 1.807) is 0 Å². The fourth-order valence-electron chi connectivity index (χ4n) is 1.10. The molecule has 1 heterocycles. The fourth-order valence-corrected chi connectivity index (χ4v) is 1.10. The molecule has 16 heavy (non-hydrogen) atoms. The Kier molecular flexibility index (Phi) is 3.53. The summed E-state index contributed by atoms with van der Waals surface area (Å²) >= 11 is 0. The number of ether oxygens (including phenoxy) is 1. The van der Waals surface area contributed by atoms with Crippen molar-refractivity contribution >= 4 is 5.91 Å². The molecule has 90 valence electrons. The molecule has 0 aliphatic heterocycles. The van der Waals surface area contributed by atoms with Crippen LogP contribution in [0.5, 0.6) is 0 Å². The Labute approximate surface area is 89.0 Å². The van der Waals surface area contributed by atoms with Crippen molar-refractivity contribution in [2.75, 3.05) is 13.7 Å². The topological polar surface area (TPSA) is 70.1 Å². The van der Waals surface area contributed by atoms with Gasteiger partial charge in [-0.2, -0.15) is 18.3 Å². The number of carbonyl (C=O) groups is 1. The van der Waals surface area contributed by atoms with Gasteiger partial charge in [-0.05, 0) is 0 Å². The van der Waals surface area contributed by atoms with Gasteiger partial charge in [0, 0.05) is 13.2 Å². The number of rotatable bonds is 4. The minimum Gasteiger partial charge on any atom is -0.383 e. The average Bonchev–Trinajstić information content (AvgIpc) is 2.57. The lowest BCUT2D eigenvalue weighted by Crippen LogP contribution is -2.19. The molecule has 1 rings (SSSR count). The molecule has 0 unspecified atom stereocenters. The predicted octanol–water partition coefficient (Wildman–Crippen LogP) is 0.647. The molecule has 0 aliphatic carbocycles. The van der Waals surface area contributed by atoms with Gasteiger partial charge in [0.1, 0.15) is 5.69 Å². The van der Waals surface area contributed by atoms with Crippen LogP contribution in [-0.2, 0) is 17.5 Å². The first kappa shape index (κ1) is 12.5. The van der Waals surface area contributed by atoms with Crippen molar-refractivity contribution in [3.63, 3.8) is 0 Å². The van der Waals surface area contributed by atoms with Gasteiger partial charge in [0.25, 0.3) is 5.91 Å². The number of alkyl halides is 3. The molecule has 0 spiro atoms. The number of primary amides is 1. The molecule has 0 radical (unpaired) electrons. The van der Waals surface area contributed by atoms with Crippen LogP contribution in [0, 0.1) is 0 Å². The number of halogens is 3. The largest absolute Gasteiger partial charge is 0.435 e. The number of hydrogen-bond donors (Lipinski definition) is 1. The normalized spacial score (nSPS) is 11.8. The molecule has 0 aromatic carbocycles. The van der Waals surface area contributed by atoms with Crippen molar-refractivity contribution in [2.24, 2.45) is 5.73 Å². The maximum Gasteiger partial charge on any atom is 0.435 e. The maximum atomic E-state index is 12.3. The summed E-state index contributed by atoms with van der Waals surface area (Å²) in [7, 11) is 1.39. The van der Waals surface area contributed by atoms with E-state index in [4.69, 9.17) is 5.73 Å². The number of aromatic nitrogens is 2. The standard InChI is InChI=1S/C8H10F3N3O2/c1-16-3-2-14-5(7(12)15)4-6(13-14)8(9,10)11/h4H,2-3H2,1H3,(H2,12,15). The molecule has 8 heteroatoms. The Morgan fingerprint density at radius 1 is 1.62 bits per heavy atom. The maximum absolute atomic E-state index is 12.3. The number of hydrogen-bond acceptors (Lipinski definition) is 3. The molecule has 0 saturated heterocycles. The highest BCUT2D eigenvalue weighted by molar-refractivity contribution is 5.91. The third kappa shape index (κ3) is 2.72. The van der Waals surface area contributed by atoms with Crippen molar-refractivity contribution in [2.45, 2.75) is 12.7 Å². The summed E-state index contributed by atoms with van der Waals surface area (Å²) in [6, 6.07) is 0.623. The van der Waals surface area contributed by atoms with E-state index in [-0.39, 0.29) is 18.8 Å². The van der Waals surface area contributed by atoms with Crippen LogP contribution in [0.25, 0.3) is 0 Å². The monoisotopic (exact) mass is 237 g/mol. The van der Waals surface area contributed by atoms with Gasteiger partial charge in [0.05, 0.1) is 13.2 Å². The highest BCUT2D eigenvalue weighted by Gasteiger charge is 2.35. The Hall–Kier alpha value is -1.57. The Bertz CT molecular complexity index is 386. The van der Waals surface area contributed by atoms with Gasteiger partial charge in [-0.1, -0.05) is 0 Å². The van der Waals surface area contributed by atoms with E-state index < -0.39 is 17.8 Å². The summed E-state index contributed by atoms with van der Waals surface area (Å²) in [5.74, 6) is -0.959. The van der Waals surface area contributed by atoms with E-state index in [0.717, 1.165) is 4.68 Å². The molecule has 1 aromatic rings. The second-order valence-corrected chi connectivity index (χ2v) is 2.99. The molecule has 2 N–H and O–H groups in total. The highest BCUT2D eigenvalue weighted by atomic mass is 19.4. The van der Waals surface area contributed by atoms with Gasteiger partial charge in [-0.15, -0.1) is 0 Å². The van der Waals surface area contributed by atoms with Gasteiger partial charge in [-0.25, -0.2) is 0 Å². The zero-order valence-corrected chi connectivity index (χ0v) is 8.41. The smallest absolute Gasteiger partial charge is 0.383 e.